The third-order valence-corrected chi connectivity index (χ3v) is 4.06. The molecule has 2 heterocycles. The van der Waals surface area contributed by atoms with Crippen LogP contribution in [0, 0.1) is 0 Å². The number of hydrogen-bond acceptors (Lipinski definition) is 6. The molecule has 0 aliphatic carbocycles. The van der Waals surface area contributed by atoms with Crippen LogP contribution in [0.4, 0.5) is 11.8 Å². The van der Waals surface area contributed by atoms with Crippen molar-refractivity contribution in [2.75, 3.05) is 16.6 Å². The SMILES string of the molecule is CCCNc1ncc(S(=O)(=O)Nc2ncccc2Cl)cn1. The summed E-state index contributed by atoms with van der Waals surface area (Å²) in [4.78, 5) is 11.7. The van der Waals surface area contributed by atoms with Crippen molar-refractivity contribution in [3.05, 3.63) is 35.7 Å². The Kier molecular flexibility index (Phi) is 4.92. The van der Waals surface area contributed by atoms with Crippen LogP contribution in [0.5, 0.6) is 0 Å². The Morgan fingerprint density at radius 2 is 1.95 bits per heavy atom. The van der Waals surface area contributed by atoms with Gasteiger partial charge in [0.25, 0.3) is 10.0 Å². The lowest BCUT2D eigenvalue weighted by atomic mass is 10.5. The van der Waals surface area contributed by atoms with E-state index in [1.54, 1.807) is 12.1 Å². The van der Waals surface area contributed by atoms with Gasteiger partial charge in [-0.2, -0.15) is 0 Å². The fourth-order valence-corrected chi connectivity index (χ4v) is 2.57. The summed E-state index contributed by atoms with van der Waals surface area (Å²) in [5.74, 6) is 0.444. The number of halogens is 1. The molecule has 9 heteroatoms. The van der Waals surface area contributed by atoms with Gasteiger partial charge in [0.2, 0.25) is 5.95 Å². The van der Waals surface area contributed by atoms with Crippen molar-refractivity contribution in [1.29, 1.82) is 0 Å². The molecule has 0 saturated heterocycles. The number of hydrogen-bond donors (Lipinski definition) is 2. The predicted molar refractivity (Wildman–Crippen MR) is 80.9 cm³/mol. The first kappa shape index (κ1) is 15.5. The molecule has 0 bridgehead atoms. The third-order valence-electron chi connectivity index (χ3n) is 2.46. The van der Waals surface area contributed by atoms with Gasteiger partial charge in [0.05, 0.1) is 17.4 Å². The van der Waals surface area contributed by atoms with Crippen LogP contribution in [0.15, 0.2) is 35.6 Å². The van der Waals surface area contributed by atoms with E-state index < -0.39 is 10.0 Å². The van der Waals surface area contributed by atoms with Gasteiger partial charge >= 0.3 is 0 Å². The van der Waals surface area contributed by atoms with E-state index in [4.69, 9.17) is 11.6 Å². The summed E-state index contributed by atoms with van der Waals surface area (Å²) in [6, 6.07) is 3.15. The molecule has 7 nitrogen and oxygen atoms in total. The Morgan fingerprint density at radius 1 is 1.24 bits per heavy atom. The molecule has 0 aromatic carbocycles. The number of nitrogens with one attached hydrogen (secondary N) is 2. The summed E-state index contributed by atoms with van der Waals surface area (Å²) in [6.07, 6.45) is 4.81. The van der Waals surface area contributed by atoms with Gasteiger partial charge in [0.1, 0.15) is 4.90 Å². The fraction of sp³-hybridized carbons (Fsp3) is 0.250. The van der Waals surface area contributed by atoms with E-state index >= 15 is 0 Å². The largest absolute Gasteiger partial charge is 0.354 e. The molecule has 2 aromatic heterocycles. The van der Waals surface area contributed by atoms with E-state index in [0.717, 1.165) is 6.42 Å². The Morgan fingerprint density at radius 3 is 2.57 bits per heavy atom. The van der Waals surface area contributed by atoms with Crippen molar-refractivity contribution in [1.82, 2.24) is 15.0 Å². The minimum Gasteiger partial charge on any atom is -0.354 e. The number of sulfonamides is 1. The Balaban J connectivity index is 2.18. The summed E-state index contributed by atoms with van der Waals surface area (Å²) in [5, 5.41) is 3.17. The van der Waals surface area contributed by atoms with E-state index in [0.29, 0.717) is 12.5 Å². The molecule has 2 N–H and O–H groups in total. The maximum atomic E-state index is 12.2. The maximum absolute atomic E-state index is 12.2. The van der Waals surface area contributed by atoms with Crippen LogP contribution in [0.25, 0.3) is 0 Å². The van der Waals surface area contributed by atoms with E-state index in [-0.39, 0.29) is 15.7 Å². The summed E-state index contributed by atoms with van der Waals surface area (Å²) in [6.45, 7) is 2.72. The van der Waals surface area contributed by atoms with E-state index in [1.165, 1.54) is 18.6 Å². The predicted octanol–water partition coefficient (Wildman–Crippen LogP) is 2.15. The normalized spacial score (nSPS) is 11.1. The molecule has 0 atom stereocenters. The van der Waals surface area contributed by atoms with Crippen LogP contribution in [0.1, 0.15) is 13.3 Å². The van der Waals surface area contributed by atoms with Crippen LogP contribution < -0.4 is 10.0 Å². The quantitative estimate of drug-likeness (QED) is 0.843. The second-order valence-corrected chi connectivity index (χ2v) is 6.20. The lowest BCUT2D eigenvalue weighted by Crippen LogP contribution is -2.15. The van der Waals surface area contributed by atoms with Gasteiger partial charge in [-0.3, -0.25) is 4.72 Å². The smallest absolute Gasteiger partial charge is 0.266 e. The zero-order valence-electron chi connectivity index (χ0n) is 11.2. The third kappa shape index (κ3) is 4.02. The molecule has 0 saturated carbocycles. The molecular formula is C12H14ClN5O2S. The molecule has 0 unspecified atom stereocenters. The molecule has 21 heavy (non-hydrogen) atoms. The van der Waals surface area contributed by atoms with Crippen molar-refractivity contribution in [2.45, 2.75) is 18.2 Å². The van der Waals surface area contributed by atoms with Gasteiger partial charge < -0.3 is 5.32 Å². The Bertz CT molecular complexity index is 706. The maximum Gasteiger partial charge on any atom is 0.266 e. The second-order valence-electron chi connectivity index (χ2n) is 4.11. The second kappa shape index (κ2) is 6.68. The van der Waals surface area contributed by atoms with Crippen molar-refractivity contribution in [3.8, 4) is 0 Å². The van der Waals surface area contributed by atoms with Gasteiger partial charge in [-0.1, -0.05) is 18.5 Å². The molecule has 2 aromatic rings. The van der Waals surface area contributed by atoms with Crippen LogP contribution in [0.3, 0.4) is 0 Å². The first-order valence-corrected chi connectivity index (χ1v) is 8.08. The molecule has 112 valence electrons. The van der Waals surface area contributed by atoms with E-state index in [2.05, 4.69) is 25.0 Å². The fourth-order valence-electron chi connectivity index (χ4n) is 1.43. The van der Waals surface area contributed by atoms with E-state index in [9.17, 15) is 8.42 Å². The molecule has 0 spiro atoms. The van der Waals surface area contributed by atoms with Gasteiger partial charge in [-0.15, -0.1) is 0 Å². The zero-order valence-corrected chi connectivity index (χ0v) is 12.8. The molecular weight excluding hydrogens is 314 g/mol. The molecule has 0 aliphatic heterocycles. The van der Waals surface area contributed by atoms with Gasteiger partial charge in [0.15, 0.2) is 5.82 Å². The molecule has 2 rings (SSSR count). The standard InChI is InChI=1S/C12H14ClN5O2S/c1-2-5-15-12-16-7-9(8-17-12)21(19,20)18-11-10(13)4-3-6-14-11/h3-4,6-8H,2,5H2,1H3,(H,14,18)(H,15,16,17). The first-order valence-electron chi connectivity index (χ1n) is 6.22. The summed E-state index contributed by atoms with van der Waals surface area (Å²) in [7, 11) is -3.82. The minimum atomic E-state index is -3.82. The summed E-state index contributed by atoms with van der Waals surface area (Å²) >= 11 is 5.87. The van der Waals surface area contributed by atoms with Gasteiger partial charge in [-0.05, 0) is 18.6 Å². The van der Waals surface area contributed by atoms with Gasteiger partial charge in [-0.25, -0.2) is 23.4 Å². The monoisotopic (exact) mass is 327 g/mol. The topological polar surface area (TPSA) is 96.9 Å². The molecule has 0 fully saturated rings. The number of anilines is 2. The van der Waals surface area contributed by atoms with Crippen molar-refractivity contribution < 1.29 is 8.42 Å². The van der Waals surface area contributed by atoms with Crippen molar-refractivity contribution >= 4 is 33.4 Å². The van der Waals surface area contributed by atoms with Crippen molar-refractivity contribution in [3.63, 3.8) is 0 Å². The van der Waals surface area contributed by atoms with Crippen LogP contribution in [-0.4, -0.2) is 29.9 Å². The van der Waals surface area contributed by atoms with Crippen LogP contribution in [-0.2, 0) is 10.0 Å². The number of rotatable bonds is 6. The average Bonchev–Trinajstić information content (AvgIpc) is 2.48. The lowest BCUT2D eigenvalue weighted by Gasteiger charge is -2.08. The highest BCUT2D eigenvalue weighted by molar-refractivity contribution is 7.92. The first-order chi connectivity index (χ1) is 10.0. The van der Waals surface area contributed by atoms with Crippen LogP contribution in [0.2, 0.25) is 5.02 Å². The Hall–Kier alpha value is -1.93. The summed E-state index contributed by atoms with van der Waals surface area (Å²) in [5.41, 5.74) is 0. The zero-order chi connectivity index (χ0) is 15.3. The molecule has 0 radical (unpaired) electrons. The highest BCUT2D eigenvalue weighted by Gasteiger charge is 2.17. The highest BCUT2D eigenvalue weighted by Crippen LogP contribution is 2.21. The van der Waals surface area contributed by atoms with Crippen molar-refractivity contribution in [2.24, 2.45) is 0 Å². The van der Waals surface area contributed by atoms with Gasteiger partial charge in [0, 0.05) is 12.7 Å². The molecule has 0 aliphatic rings. The minimum absolute atomic E-state index is 0.0624. The Labute approximate surface area is 127 Å². The average molecular weight is 328 g/mol. The molecule has 0 amide bonds. The van der Waals surface area contributed by atoms with E-state index in [1.807, 2.05) is 6.92 Å². The number of pyridine rings is 1. The number of aromatic nitrogens is 3. The number of nitrogens with zero attached hydrogens (tertiary/aromatic N) is 3. The lowest BCUT2D eigenvalue weighted by molar-refractivity contribution is 0.600. The highest BCUT2D eigenvalue weighted by atomic mass is 35.5. The van der Waals surface area contributed by atoms with Crippen LogP contribution >= 0.6 is 11.6 Å². The summed E-state index contributed by atoms with van der Waals surface area (Å²) < 4.78 is 26.6.